The molecular weight excluding hydrogens is 485 g/mol. The molecule has 1 aromatic heterocycles. The van der Waals surface area contributed by atoms with Crippen LogP contribution in [0.4, 0.5) is 10.1 Å². The van der Waals surface area contributed by atoms with Crippen molar-refractivity contribution < 1.29 is 18.8 Å². The summed E-state index contributed by atoms with van der Waals surface area (Å²) in [5.41, 5.74) is 1.47. The van der Waals surface area contributed by atoms with Crippen molar-refractivity contribution in [2.24, 2.45) is 5.41 Å². The third-order valence-electron chi connectivity index (χ3n) is 7.97. The van der Waals surface area contributed by atoms with Gasteiger partial charge in [0.1, 0.15) is 17.3 Å². The number of nitrogens with zero attached hydrogens (tertiary/aromatic N) is 1. The first-order valence-electron chi connectivity index (χ1n) is 12.1. The first-order chi connectivity index (χ1) is 18.0. The third-order valence-corrected chi connectivity index (χ3v) is 8.86. The minimum Gasteiger partial charge on any atom is -0.352 e. The zero-order valence-corrected chi connectivity index (χ0v) is 20.3. The van der Waals surface area contributed by atoms with Gasteiger partial charge in [-0.2, -0.15) is 0 Å². The van der Waals surface area contributed by atoms with Gasteiger partial charge in [-0.25, -0.2) is 4.39 Å². The molecule has 4 nitrogen and oxygen atoms in total. The Morgan fingerprint density at radius 1 is 0.838 bits per heavy atom. The van der Waals surface area contributed by atoms with E-state index in [4.69, 9.17) is 0 Å². The van der Waals surface area contributed by atoms with E-state index in [2.05, 4.69) is 0 Å². The number of carbonyl (C=O) groups excluding carboxylic acids is 3. The molecule has 4 aromatic rings. The fourth-order valence-corrected chi connectivity index (χ4v) is 7.22. The molecule has 0 amide bonds. The van der Waals surface area contributed by atoms with Gasteiger partial charge >= 0.3 is 0 Å². The molecule has 2 aliphatic heterocycles. The first-order valence-corrected chi connectivity index (χ1v) is 13.0. The quantitative estimate of drug-likeness (QED) is 0.246. The summed E-state index contributed by atoms with van der Waals surface area (Å²) in [6.45, 7) is 0. The van der Waals surface area contributed by atoms with E-state index in [0.29, 0.717) is 21.6 Å². The topological polar surface area (TPSA) is 54.5 Å². The third kappa shape index (κ3) is 2.84. The Labute approximate surface area is 216 Å². The number of para-hydroxylation sites is 1. The summed E-state index contributed by atoms with van der Waals surface area (Å²) in [5, 5.41) is 1.84. The van der Waals surface area contributed by atoms with Crippen LogP contribution in [0.3, 0.4) is 0 Å². The number of ketones is 3. The van der Waals surface area contributed by atoms with E-state index in [1.54, 1.807) is 42.5 Å². The van der Waals surface area contributed by atoms with Gasteiger partial charge < -0.3 is 4.90 Å². The largest absolute Gasteiger partial charge is 0.352 e. The molecule has 180 valence electrons. The highest BCUT2D eigenvalue weighted by Crippen LogP contribution is 2.61. The summed E-state index contributed by atoms with van der Waals surface area (Å²) in [6, 6.07) is 22.5. The van der Waals surface area contributed by atoms with Crippen molar-refractivity contribution in [3.05, 3.63) is 129 Å². The van der Waals surface area contributed by atoms with E-state index in [9.17, 15) is 18.8 Å². The molecule has 3 aliphatic rings. The molecule has 1 fully saturated rings. The molecule has 0 radical (unpaired) electrons. The Hall–Kier alpha value is -4.16. The van der Waals surface area contributed by atoms with Crippen molar-refractivity contribution in [1.82, 2.24) is 0 Å². The van der Waals surface area contributed by atoms with E-state index in [1.165, 1.54) is 23.5 Å². The van der Waals surface area contributed by atoms with Crippen LogP contribution in [-0.4, -0.2) is 29.4 Å². The number of anilines is 1. The van der Waals surface area contributed by atoms with E-state index >= 15 is 0 Å². The number of hydrogen-bond acceptors (Lipinski definition) is 5. The Morgan fingerprint density at radius 2 is 1.51 bits per heavy atom. The van der Waals surface area contributed by atoms with E-state index in [-0.39, 0.29) is 17.3 Å². The zero-order chi connectivity index (χ0) is 25.3. The standard InChI is InChI=1S/C31H20FNO3S/c32-20-14-11-19(12-15-20)26-27(28(34)24-10-5-17-37-24)33-23-9-4-1-6-18(23)13-16-25(33)31(26)29(35)21-7-2-3-8-22(21)30(31)36/h1-17,25-27H/t25-,26-,27+/m0/s1. The second-order valence-corrected chi connectivity index (χ2v) is 10.6. The fraction of sp³-hybridized carbons (Fsp3) is 0.129. The van der Waals surface area contributed by atoms with Crippen molar-refractivity contribution in [2.45, 2.75) is 18.0 Å². The van der Waals surface area contributed by atoms with Crippen molar-refractivity contribution in [3.8, 4) is 0 Å². The van der Waals surface area contributed by atoms with Gasteiger partial charge in [-0.1, -0.05) is 72.8 Å². The summed E-state index contributed by atoms with van der Waals surface area (Å²) in [4.78, 5) is 45.7. The van der Waals surface area contributed by atoms with Gasteiger partial charge in [0.15, 0.2) is 17.3 Å². The molecule has 37 heavy (non-hydrogen) atoms. The number of rotatable bonds is 3. The summed E-state index contributed by atoms with van der Waals surface area (Å²) < 4.78 is 14.1. The van der Waals surface area contributed by atoms with Gasteiger partial charge in [-0.15, -0.1) is 11.3 Å². The van der Waals surface area contributed by atoms with Crippen LogP contribution < -0.4 is 4.90 Å². The Bertz CT molecular complexity index is 1590. The average molecular weight is 506 g/mol. The summed E-state index contributed by atoms with van der Waals surface area (Å²) in [5.74, 6) is -1.98. The monoisotopic (exact) mass is 505 g/mol. The lowest BCUT2D eigenvalue weighted by Crippen LogP contribution is -2.48. The maximum Gasteiger partial charge on any atom is 0.195 e. The number of benzene rings is 3. The minimum atomic E-state index is -1.57. The molecule has 1 saturated heterocycles. The summed E-state index contributed by atoms with van der Waals surface area (Å²) in [7, 11) is 0. The minimum absolute atomic E-state index is 0.159. The van der Waals surface area contributed by atoms with E-state index in [1.807, 2.05) is 52.8 Å². The highest BCUT2D eigenvalue weighted by Gasteiger charge is 2.71. The molecule has 6 heteroatoms. The lowest BCUT2D eigenvalue weighted by molar-refractivity contribution is 0.0666. The van der Waals surface area contributed by atoms with Crippen LogP contribution in [0.25, 0.3) is 6.08 Å². The average Bonchev–Trinajstić information content (AvgIpc) is 3.63. The predicted octanol–water partition coefficient (Wildman–Crippen LogP) is 6.20. The Kier molecular flexibility index (Phi) is 4.72. The molecule has 1 spiro atoms. The maximum atomic E-state index is 14.4. The van der Waals surface area contributed by atoms with Crippen LogP contribution in [0, 0.1) is 11.2 Å². The van der Waals surface area contributed by atoms with Crippen LogP contribution in [0.1, 0.15) is 47.4 Å². The van der Waals surface area contributed by atoms with Crippen molar-refractivity contribution in [2.75, 3.05) is 4.90 Å². The number of hydrogen-bond donors (Lipinski definition) is 0. The summed E-state index contributed by atoms with van der Waals surface area (Å²) >= 11 is 1.33. The highest BCUT2D eigenvalue weighted by molar-refractivity contribution is 7.12. The van der Waals surface area contributed by atoms with Gasteiger partial charge in [0.05, 0.1) is 10.9 Å². The van der Waals surface area contributed by atoms with Crippen LogP contribution in [0.5, 0.6) is 0 Å². The Morgan fingerprint density at radius 3 is 2.19 bits per heavy atom. The highest BCUT2D eigenvalue weighted by atomic mass is 32.1. The van der Waals surface area contributed by atoms with Crippen LogP contribution in [0.15, 0.2) is 96.4 Å². The van der Waals surface area contributed by atoms with Gasteiger partial charge in [0.25, 0.3) is 0 Å². The molecule has 1 aliphatic carbocycles. The maximum absolute atomic E-state index is 14.4. The van der Waals surface area contributed by atoms with Gasteiger partial charge in [-0.3, -0.25) is 14.4 Å². The number of thiophene rings is 1. The number of carbonyl (C=O) groups is 3. The van der Waals surface area contributed by atoms with Crippen LogP contribution in [0.2, 0.25) is 0 Å². The van der Waals surface area contributed by atoms with E-state index < -0.39 is 29.2 Å². The number of fused-ring (bicyclic) bond motifs is 5. The molecule has 0 saturated carbocycles. The zero-order valence-electron chi connectivity index (χ0n) is 19.5. The Balaban J connectivity index is 1.56. The number of halogens is 1. The molecular formula is C31H20FNO3S. The molecule has 7 rings (SSSR count). The van der Waals surface area contributed by atoms with Gasteiger partial charge in [0, 0.05) is 22.7 Å². The molecule has 0 N–H and O–H groups in total. The van der Waals surface area contributed by atoms with E-state index in [0.717, 1.165) is 11.3 Å². The molecule has 3 atom stereocenters. The van der Waals surface area contributed by atoms with Gasteiger partial charge in [-0.05, 0) is 40.8 Å². The van der Waals surface area contributed by atoms with Crippen molar-refractivity contribution in [1.29, 1.82) is 0 Å². The normalized spacial score (nSPS) is 22.7. The predicted molar refractivity (Wildman–Crippen MR) is 141 cm³/mol. The second kappa shape index (κ2) is 7.92. The SMILES string of the molecule is O=C(c1cccs1)[C@H]1[C@H](c2ccc(F)cc2)C2(C(=O)c3ccccc3C2=O)[C@@H]2C=Cc3ccccc3N21. The van der Waals surface area contributed by atoms with Gasteiger partial charge in [0.2, 0.25) is 0 Å². The smallest absolute Gasteiger partial charge is 0.195 e. The molecule has 3 heterocycles. The fourth-order valence-electron chi connectivity index (χ4n) is 6.53. The molecule has 3 aromatic carbocycles. The lowest BCUT2D eigenvalue weighted by atomic mass is 9.64. The van der Waals surface area contributed by atoms with Crippen molar-refractivity contribution >= 4 is 40.4 Å². The molecule has 0 bridgehead atoms. The second-order valence-electron chi connectivity index (χ2n) is 9.66. The molecule has 0 unspecified atom stereocenters. The van der Waals surface area contributed by atoms with Crippen molar-refractivity contribution in [3.63, 3.8) is 0 Å². The summed E-state index contributed by atoms with van der Waals surface area (Å²) in [6.07, 6.45) is 3.82. The number of Topliss-reactive ketones (excluding diaryl/α,β-unsaturated/α-hetero) is 3. The van der Waals surface area contributed by atoms with Crippen LogP contribution >= 0.6 is 11.3 Å². The first kappa shape index (κ1) is 22.1. The van der Waals surface area contributed by atoms with Crippen LogP contribution in [-0.2, 0) is 0 Å². The lowest BCUT2D eigenvalue weighted by Gasteiger charge is -2.37.